The van der Waals surface area contributed by atoms with E-state index in [0.717, 1.165) is 22.9 Å². The lowest BCUT2D eigenvalue weighted by Crippen LogP contribution is -2.58. The maximum atomic E-state index is 15.0. The number of fused-ring (bicyclic) bond motifs is 1. The van der Waals surface area contributed by atoms with Crippen molar-refractivity contribution in [3.05, 3.63) is 81.6 Å². The minimum atomic E-state index is -5.02. The van der Waals surface area contributed by atoms with Crippen LogP contribution in [0.25, 0.3) is 0 Å². The fourth-order valence-corrected chi connectivity index (χ4v) is 10.9. The number of thiazole rings is 1. The molecule has 0 radical (unpaired) electrons. The van der Waals surface area contributed by atoms with Crippen LogP contribution in [-0.2, 0) is 35.3 Å². The topological polar surface area (TPSA) is 168 Å². The maximum Gasteiger partial charge on any atom is 0.419 e. The highest BCUT2D eigenvalue weighted by molar-refractivity contribution is 7.91. The summed E-state index contributed by atoms with van der Waals surface area (Å²) >= 11 is 1.46. The van der Waals surface area contributed by atoms with Crippen molar-refractivity contribution in [3.63, 3.8) is 0 Å². The van der Waals surface area contributed by atoms with Crippen LogP contribution in [0.1, 0.15) is 107 Å². The molecule has 0 spiro atoms. The zero-order chi connectivity index (χ0) is 46.8. The molecule has 2 saturated carbocycles. The van der Waals surface area contributed by atoms with Crippen LogP contribution in [0.3, 0.4) is 0 Å². The molecular weight excluding hydrogens is 877 g/mol. The Hall–Kier alpha value is -4.88. The van der Waals surface area contributed by atoms with Gasteiger partial charge in [-0.2, -0.15) is 13.2 Å². The number of hydrogen-bond donors (Lipinski definition) is 3. The summed E-state index contributed by atoms with van der Waals surface area (Å²) in [6.45, 7) is 16.6. The highest BCUT2D eigenvalue weighted by atomic mass is 32.2. The van der Waals surface area contributed by atoms with Gasteiger partial charge in [0.25, 0.3) is 5.91 Å². The number of nitrogens with one attached hydrogen (secondary N) is 3. The number of carbonyl (C=O) groups is 3. The van der Waals surface area contributed by atoms with Gasteiger partial charge in [-0.25, -0.2) is 22.8 Å². The molecule has 2 aliphatic heterocycles. The molecule has 7 atom stereocenters. The van der Waals surface area contributed by atoms with Crippen LogP contribution in [0.5, 0.6) is 5.75 Å². The van der Waals surface area contributed by atoms with E-state index in [1.54, 1.807) is 27.9 Å². The third-order valence-electron chi connectivity index (χ3n) is 12.5. The smallest absolute Gasteiger partial charge is 0.419 e. The Morgan fingerprint density at radius 2 is 1.81 bits per heavy atom. The third-order valence-corrected chi connectivity index (χ3v) is 15.2. The Bertz CT molecular complexity index is 2500. The van der Waals surface area contributed by atoms with E-state index in [-0.39, 0.29) is 36.9 Å². The number of rotatable bonds is 14. The first kappa shape index (κ1) is 47.1. The molecule has 3 aromatic rings. The Kier molecular flexibility index (Phi) is 12.6. The molecule has 3 N–H and O–H groups in total. The Balaban J connectivity index is 1.24. The summed E-state index contributed by atoms with van der Waals surface area (Å²) < 4.78 is 96.3. The number of benzene rings is 2. The van der Waals surface area contributed by atoms with Gasteiger partial charge in [0.2, 0.25) is 21.8 Å². The van der Waals surface area contributed by atoms with Crippen molar-refractivity contribution in [3.8, 4) is 5.75 Å². The van der Waals surface area contributed by atoms with Gasteiger partial charge in [-0.15, -0.1) is 17.9 Å². The number of nitrogens with zero attached hydrogens (tertiary/aromatic N) is 3. The molecule has 3 amide bonds. The number of sulfonamides is 1. The molecule has 13 nitrogen and oxygen atoms in total. The van der Waals surface area contributed by atoms with Crippen LogP contribution in [0.4, 0.5) is 28.9 Å². The monoisotopic (exact) mass is 930 g/mol. The SMILES string of the molecule is C=C[C@@H]1C[C@]1(NC(=O)[C@@H]1C[C@@H](OC2c3ccc(OC)c(C)c3N=C(c3nc(C(C)C)cs3)C2C)CN1C(=O)[C@@H](Nc1ccc(F)c(C(F)(F)F)c1)C(C)(C)C)C(=O)NS(=O)(=O)C1CC1. The van der Waals surface area contributed by atoms with Crippen molar-refractivity contribution >= 4 is 56.2 Å². The summed E-state index contributed by atoms with van der Waals surface area (Å²) in [6.07, 6.45) is -4.26. The molecule has 1 aromatic heterocycles. The van der Waals surface area contributed by atoms with E-state index < -0.39 is 91.7 Å². The molecule has 1 saturated heterocycles. The normalized spacial score (nSPS) is 25.0. The van der Waals surface area contributed by atoms with Crippen molar-refractivity contribution in [1.82, 2.24) is 19.9 Å². The number of alkyl halides is 3. The largest absolute Gasteiger partial charge is 0.496 e. The molecule has 2 aliphatic carbocycles. The number of hydrogen-bond acceptors (Lipinski definition) is 11. The van der Waals surface area contributed by atoms with Gasteiger partial charge in [0.1, 0.15) is 34.2 Å². The van der Waals surface area contributed by atoms with Crippen LogP contribution < -0.4 is 20.1 Å². The molecule has 2 unspecified atom stereocenters. The second-order valence-corrected chi connectivity index (χ2v) is 21.4. The van der Waals surface area contributed by atoms with E-state index >= 15 is 0 Å². The van der Waals surface area contributed by atoms with E-state index in [1.807, 2.05) is 45.2 Å². The lowest BCUT2D eigenvalue weighted by Gasteiger charge is -2.36. The number of amides is 3. The molecule has 19 heteroatoms. The summed E-state index contributed by atoms with van der Waals surface area (Å²) in [5.41, 5.74) is -0.635. The molecule has 2 aromatic carbocycles. The van der Waals surface area contributed by atoms with Gasteiger partial charge in [-0.1, -0.05) is 53.7 Å². The zero-order valence-corrected chi connectivity index (χ0v) is 38.6. The molecule has 3 heterocycles. The summed E-state index contributed by atoms with van der Waals surface area (Å²) in [4.78, 5) is 54.7. The average Bonchev–Trinajstić information content (AvgIpc) is 4.10. The number of carbonyl (C=O) groups excluding carboxylic acids is 3. The second kappa shape index (κ2) is 17.2. The number of methoxy groups -OCH3 is 1. The first-order valence-electron chi connectivity index (χ1n) is 21.2. The molecule has 64 heavy (non-hydrogen) atoms. The van der Waals surface area contributed by atoms with Gasteiger partial charge in [0.05, 0.1) is 47.2 Å². The number of halogens is 4. The van der Waals surface area contributed by atoms with Crippen molar-refractivity contribution in [2.24, 2.45) is 22.2 Å². The molecule has 346 valence electrons. The van der Waals surface area contributed by atoms with E-state index in [2.05, 4.69) is 21.9 Å². The first-order chi connectivity index (χ1) is 29.9. The third kappa shape index (κ3) is 9.16. The van der Waals surface area contributed by atoms with Gasteiger partial charge < -0.3 is 25.0 Å². The molecule has 4 aliphatic rings. The van der Waals surface area contributed by atoms with E-state index in [4.69, 9.17) is 19.5 Å². The predicted molar refractivity (Wildman–Crippen MR) is 235 cm³/mol. The fourth-order valence-electron chi connectivity index (χ4n) is 8.47. The van der Waals surface area contributed by atoms with Crippen LogP contribution >= 0.6 is 11.3 Å². The number of ether oxygens (including phenoxy) is 2. The summed E-state index contributed by atoms with van der Waals surface area (Å²) in [5.74, 6) is -4.06. The van der Waals surface area contributed by atoms with Gasteiger partial charge in [0, 0.05) is 47.0 Å². The zero-order valence-electron chi connectivity index (χ0n) is 36.9. The number of likely N-dealkylation sites (tertiary alicyclic amines) is 1. The Morgan fingerprint density at radius 3 is 2.39 bits per heavy atom. The van der Waals surface area contributed by atoms with Gasteiger partial charge in [-0.3, -0.25) is 19.1 Å². The molecule has 7 rings (SSSR count). The molecule has 0 bridgehead atoms. The van der Waals surface area contributed by atoms with Crippen LogP contribution in [0, 0.1) is 30.0 Å². The molecular formula is C45H54F4N6O7S2. The first-order valence-corrected chi connectivity index (χ1v) is 23.6. The quantitative estimate of drug-likeness (QED) is 0.108. The Labute approximate surface area is 374 Å². The van der Waals surface area contributed by atoms with E-state index in [1.165, 1.54) is 22.3 Å². The number of aliphatic imine (C=N–C) groups is 1. The van der Waals surface area contributed by atoms with Crippen molar-refractivity contribution in [2.75, 3.05) is 19.0 Å². The number of anilines is 1. The predicted octanol–water partition coefficient (Wildman–Crippen LogP) is 7.74. The highest BCUT2D eigenvalue weighted by Crippen LogP contribution is 2.48. The summed E-state index contributed by atoms with van der Waals surface area (Å²) in [6, 6.07) is 3.48. The van der Waals surface area contributed by atoms with Gasteiger partial charge >= 0.3 is 6.18 Å². The van der Waals surface area contributed by atoms with Gasteiger partial charge in [-0.05, 0) is 61.8 Å². The lowest BCUT2D eigenvalue weighted by molar-refractivity contribution is -0.141. The second-order valence-electron chi connectivity index (χ2n) is 18.6. The van der Waals surface area contributed by atoms with Crippen molar-refractivity contribution in [1.29, 1.82) is 0 Å². The minimum absolute atomic E-state index is 0.0592. The summed E-state index contributed by atoms with van der Waals surface area (Å²) in [7, 11) is -2.43. The van der Waals surface area contributed by atoms with Crippen LogP contribution in [0.2, 0.25) is 0 Å². The Morgan fingerprint density at radius 1 is 1.11 bits per heavy atom. The lowest BCUT2D eigenvalue weighted by atomic mass is 9.85. The molecule has 3 fully saturated rings. The van der Waals surface area contributed by atoms with Crippen LogP contribution in [0.15, 0.2) is 53.4 Å². The number of aromatic nitrogens is 1. The maximum absolute atomic E-state index is 15.0. The van der Waals surface area contributed by atoms with Crippen molar-refractivity contribution < 1.29 is 49.8 Å². The average molecular weight is 931 g/mol. The van der Waals surface area contributed by atoms with Gasteiger partial charge in [0.15, 0.2) is 0 Å². The fraction of sp³-hybridized carbons (Fsp3) is 0.533. The highest BCUT2D eigenvalue weighted by Gasteiger charge is 2.62. The minimum Gasteiger partial charge on any atom is -0.496 e. The van der Waals surface area contributed by atoms with Crippen molar-refractivity contribution in [2.45, 2.75) is 121 Å². The standard InChI is InChI=1S/C45H54F4N6O7S2/c1-10-25-19-44(25,42(58)54-64(59,60)28-12-13-28)53-39(56)33-18-27(20-55(33)41(57)38(43(6,7)8)50-26-11-15-31(46)30(17-26)45(47,48)49)62-37-24(5)36(40-51-32(21-63-40)22(2)3)52-35-23(4)34(61-9)16-14-29(35)37/h10-11,14-17,21-22,24-25,27-28,33,37-38,50H,1,12-13,18-20H2,2-9H3,(H,53,56)(H,54,58)/t24?,25-,27-,33+,37?,38-,44-/m1/s1. The van der Waals surface area contributed by atoms with E-state index in [9.17, 15) is 40.4 Å². The summed E-state index contributed by atoms with van der Waals surface area (Å²) in [5, 5.41) is 7.66. The van der Waals surface area contributed by atoms with Crippen LogP contribution in [-0.4, -0.2) is 84.4 Å². The van der Waals surface area contributed by atoms with E-state index in [0.29, 0.717) is 47.1 Å².